The second kappa shape index (κ2) is 5.49. The van der Waals surface area contributed by atoms with Crippen LogP contribution in [-0.2, 0) is 9.59 Å². The molecule has 1 aliphatic heterocycles. The number of hydrogen-bond acceptors (Lipinski definition) is 3. The number of carbonyl (C=O) groups is 2. The summed E-state index contributed by atoms with van der Waals surface area (Å²) < 4.78 is 0. The number of rotatable bonds is 5. The van der Waals surface area contributed by atoms with Crippen LogP contribution in [0.4, 0.5) is 0 Å². The molecule has 0 aliphatic carbocycles. The maximum Gasteiger partial charge on any atom is 0.311 e. The molecule has 1 rings (SSSR count). The molecule has 1 unspecified atom stereocenters. The molecule has 5 nitrogen and oxygen atoms in total. The van der Waals surface area contributed by atoms with Gasteiger partial charge < -0.3 is 15.3 Å². The number of nitrogens with one attached hydrogen (secondary N) is 1. The van der Waals surface area contributed by atoms with E-state index in [1.54, 1.807) is 11.9 Å². The van der Waals surface area contributed by atoms with E-state index in [0.717, 1.165) is 0 Å². The zero-order chi connectivity index (χ0) is 13.1. The highest BCUT2D eigenvalue weighted by molar-refractivity contribution is 5.81. The smallest absolute Gasteiger partial charge is 0.311 e. The van der Waals surface area contributed by atoms with E-state index in [-0.39, 0.29) is 11.8 Å². The summed E-state index contributed by atoms with van der Waals surface area (Å²) in [6.07, 6.45) is 0.996. The largest absolute Gasteiger partial charge is 0.481 e. The molecule has 0 bridgehead atoms. The summed E-state index contributed by atoms with van der Waals surface area (Å²) in [6.45, 7) is 5.37. The Morgan fingerprint density at radius 3 is 2.53 bits per heavy atom. The second-order valence-electron chi connectivity index (χ2n) is 5.03. The normalized spacial score (nSPS) is 24.4. The molecule has 0 radical (unpaired) electrons. The molecule has 0 aromatic heterocycles. The topological polar surface area (TPSA) is 69.6 Å². The minimum Gasteiger partial charge on any atom is -0.481 e. The Morgan fingerprint density at radius 2 is 2.12 bits per heavy atom. The molecular formula is C12H22N2O3. The Bertz CT molecular complexity index is 304. The molecule has 0 saturated carbocycles. The van der Waals surface area contributed by atoms with Crippen LogP contribution in [0.1, 0.15) is 26.7 Å². The fraction of sp³-hybridized carbons (Fsp3) is 0.833. The Morgan fingerprint density at radius 1 is 1.47 bits per heavy atom. The first-order valence-corrected chi connectivity index (χ1v) is 6.10. The van der Waals surface area contributed by atoms with E-state index in [0.29, 0.717) is 32.5 Å². The molecule has 1 amide bonds. The first kappa shape index (κ1) is 14.0. The van der Waals surface area contributed by atoms with Gasteiger partial charge in [0.05, 0.1) is 5.41 Å². The highest BCUT2D eigenvalue weighted by Crippen LogP contribution is 2.38. The molecule has 1 atom stereocenters. The fourth-order valence-corrected chi connectivity index (χ4v) is 2.33. The number of amides is 1. The molecule has 17 heavy (non-hydrogen) atoms. The van der Waals surface area contributed by atoms with E-state index in [2.05, 4.69) is 5.32 Å². The standard InChI is InChI=1S/C12H22N2O3/c1-9(2)12(11(16)17)5-7-14(8-12)10(15)4-6-13-3/h9,13H,4-8H2,1-3H3,(H,16,17). The van der Waals surface area contributed by atoms with Crippen molar-refractivity contribution in [2.75, 3.05) is 26.7 Å². The van der Waals surface area contributed by atoms with Gasteiger partial charge >= 0.3 is 5.97 Å². The third-order valence-electron chi connectivity index (χ3n) is 3.77. The average Bonchev–Trinajstić information content (AvgIpc) is 2.72. The van der Waals surface area contributed by atoms with Crippen LogP contribution in [-0.4, -0.2) is 48.6 Å². The van der Waals surface area contributed by atoms with Crippen molar-refractivity contribution < 1.29 is 14.7 Å². The van der Waals surface area contributed by atoms with Crippen molar-refractivity contribution in [1.29, 1.82) is 0 Å². The Hall–Kier alpha value is -1.10. The number of hydrogen-bond donors (Lipinski definition) is 2. The van der Waals surface area contributed by atoms with Gasteiger partial charge in [-0.05, 0) is 19.4 Å². The molecule has 2 N–H and O–H groups in total. The molecule has 0 aromatic rings. The molecule has 0 spiro atoms. The highest BCUT2D eigenvalue weighted by Gasteiger charge is 2.48. The van der Waals surface area contributed by atoms with Gasteiger partial charge in [0.15, 0.2) is 0 Å². The minimum atomic E-state index is -0.781. The molecular weight excluding hydrogens is 220 g/mol. The van der Waals surface area contributed by atoms with Gasteiger partial charge in [-0.2, -0.15) is 0 Å². The summed E-state index contributed by atoms with van der Waals surface area (Å²) >= 11 is 0. The lowest BCUT2D eigenvalue weighted by molar-refractivity contribution is -0.151. The molecule has 1 saturated heterocycles. The van der Waals surface area contributed by atoms with Crippen molar-refractivity contribution in [2.45, 2.75) is 26.7 Å². The van der Waals surface area contributed by atoms with Crippen molar-refractivity contribution in [3.8, 4) is 0 Å². The van der Waals surface area contributed by atoms with Crippen LogP contribution < -0.4 is 5.32 Å². The van der Waals surface area contributed by atoms with Crippen LogP contribution in [0, 0.1) is 11.3 Å². The summed E-state index contributed by atoms with van der Waals surface area (Å²) in [7, 11) is 1.80. The van der Waals surface area contributed by atoms with Crippen molar-refractivity contribution in [3.63, 3.8) is 0 Å². The molecule has 98 valence electrons. The van der Waals surface area contributed by atoms with Crippen LogP contribution in [0.5, 0.6) is 0 Å². The molecule has 1 aliphatic rings. The summed E-state index contributed by atoms with van der Waals surface area (Å²) in [5.74, 6) is -0.693. The van der Waals surface area contributed by atoms with Crippen molar-refractivity contribution >= 4 is 11.9 Å². The van der Waals surface area contributed by atoms with Gasteiger partial charge in [-0.25, -0.2) is 0 Å². The fourth-order valence-electron chi connectivity index (χ4n) is 2.33. The Kier molecular flexibility index (Phi) is 4.51. The minimum absolute atomic E-state index is 0.0436. The number of likely N-dealkylation sites (tertiary alicyclic amines) is 1. The van der Waals surface area contributed by atoms with E-state index in [9.17, 15) is 14.7 Å². The average molecular weight is 242 g/mol. The number of carboxylic acids is 1. The molecule has 0 aromatic carbocycles. The number of aliphatic carboxylic acids is 1. The molecule has 1 fully saturated rings. The van der Waals surface area contributed by atoms with Gasteiger partial charge in [-0.15, -0.1) is 0 Å². The number of carbonyl (C=O) groups excluding carboxylic acids is 1. The number of carboxylic acid groups (broad SMARTS) is 1. The first-order valence-electron chi connectivity index (χ1n) is 6.10. The maximum atomic E-state index is 11.8. The van der Waals surface area contributed by atoms with Crippen LogP contribution >= 0.6 is 0 Å². The van der Waals surface area contributed by atoms with Gasteiger partial charge in [0, 0.05) is 26.1 Å². The lowest BCUT2D eigenvalue weighted by atomic mass is 9.76. The Labute approximate surface area is 102 Å². The third-order valence-corrected chi connectivity index (χ3v) is 3.77. The zero-order valence-electron chi connectivity index (χ0n) is 10.8. The van der Waals surface area contributed by atoms with Crippen molar-refractivity contribution in [2.24, 2.45) is 11.3 Å². The SMILES string of the molecule is CNCCC(=O)N1CCC(C(=O)O)(C(C)C)C1. The second-order valence-corrected chi connectivity index (χ2v) is 5.03. The summed E-state index contributed by atoms with van der Waals surface area (Å²) in [4.78, 5) is 24.9. The summed E-state index contributed by atoms with van der Waals surface area (Å²) in [5, 5.41) is 12.3. The monoisotopic (exact) mass is 242 g/mol. The zero-order valence-corrected chi connectivity index (χ0v) is 10.8. The quantitative estimate of drug-likeness (QED) is 0.739. The van der Waals surface area contributed by atoms with E-state index in [1.165, 1.54) is 0 Å². The number of nitrogens with zero attached hydrogens (tertiary/aromatic N) is 1. The summed E-state index contributed by atoms with van der Waals surface area (Å²) in [5.41, 5.74) is -0.755. The Balaban J connectivity index is 2.67. The van der Waals surface area contributed by atoms with Crippen molar-refractivity contribution in [3.05, 3.63) is 0 Å². The van der Waals surface area contributed by atoms with Crippen LogP contribution in [0.25, 0.3) is 0 Å². The predicted octanol–water partition coefficient (Wildman–Crippen LogP) is 0.555. The van der Waals surface area contributed by atoms with Crippen LogP contribution in [0.3, 0.4) is 0 Å². The van der Waals surface area contributed by atoms with Crippen LogP contribution in [0.15, 0.2) is 0 Å². The van der Waals surface area contributed by atoms with Gasteiger partial charge in [0.1, 0.15) is 0 Å². The van der Waals surface area contributed by atoms with Gasteiger partial charge in [0.2, 0.25) is 5.91 Å². The summed E-state index contributed by atoms with van der Waals surface area (Å²) in [6, 6.07) is 0. The van der Waals surface area contributed by atoms with Gasteiger partial charge in [0.25, 0.3) is 0 Å². The van der Waals surface area contributed by atoms with Crippen molar-refractivity contribution in [1.82, 2.24) is 10.2 Å². The van der Waals surface area contributed by atoms with Gasteiger partial charge in [-0.1, -0.05) is 13.8 Å². The van der Waals surface area contributed by atoms with E-state index >= 15 is 0 Å². The van der Waals surface area contributed by atoms with E-state index in [1.807, 2.05) is 13.8 Å². The predicted molar refractivity (Wildman–Crippen MR) is 64.6 cm³/mol. The molecule has 5 heteroatoms. The first-order chi connectivity index (χ1) is 7.94. The van der Waals surface area contributed by atoms with Gasteiger partial charge in [-0.3, -0.25) is 9.59 Å². The van der Waals surface area contributed by atoms with Crippen LogP contribution in [0.2, 0.25) is 0 Å². The lowest BCUT2D eigenvalue weighted by Gasteiger charge is -2.28. The highest BCUT2D eigenvalue weighted by atomic mass is 16.4. The third kappa shape index (κ3) is 2.77. The van der Waals surface area contributed by atoms with E-state index < -0.39 is 11.4 Å². The molecule has 1 heterocycles. The maximum absolute atomic E-state index is 11.8. The van der Waals surface area contributed by atoms with E-state index in [4.69, 9.17) is 0 Å². The lowest BCUT2D eigenvalue weighted by Crippen LogP contribution is -2.41.